The first-order valence-electron chi connectivity index (χ1n) is 5.97. The largest absolute Gasteiger partial charge is 0.378 e. The van der Waals surface area contributed by atoms with Gasteiger partial charge in [-0.05, 0) is 25.1 Å². The van der Waals surface area contributed by atoms with Crippen molar-refractivity contribution in [2.45, 2.75) is 6.92 Å². The van der Waals surface area contributed by atoms with Crippen LogP contribution in [0.4, 0.5) is 27.4 Å². The van der Waals surface area contributed by atoms with Crippen molar-refractivity contribution in [3.05, 3.63) is 52.3 Å². The van der Waals surface area contributed by atoms with Crippen LogP contribution in [-0.2, 0) is 0 Å². The highest BCUT2D eigenvalue weighted by molar-refractivity contribution is 5.65. The lowest BCUT2D eigenvalue weighted by Crippen LogP contribution is -2.19. The molecule has 0 fully saturated rings. The smallest absolute Gasteiger partial charge is 0.311 e. The van der Waals surface area contributed by atoms with E-state index in [1.54, 1.807) is 23.1 Å². The average molecular weight is 276 g/mol. The van der Waals surface area contributed by atoms with Gasteiger partial charge in [0, 0.05) is 12.6 Å². The fraction of sp³-hybridized carbons (Fsp3) is 0.154. The molecule has 104 valence electrons. The van der Waals surface area contributed by atoms with E-state index < -0.39 is 10.7 Å². The quantitative estimate of drug-likeness (QED) is 0.685. The molecule has 6 nitrogen and oxygen atoms in total. The van der Waals surface area contributed by atoms with Crippen molar-refractivity contribution >= 4 is 23.0 Å². The summed E-state index contributed by atoms with van der Waals surface area (Å²) in [5.74, 6) is -0.226. The first-order valence-corrected chi connectivity index (χ1v) is 5.97. The molecule has 2 aromatic rings. The molecule has 20 heavy (non-hydrogen) atoms. The van der Waals surface area contributed by atoms with E-state index >= 15 is 0 Å². The molecule has 0 aliphatic carbocycles. The number of nitrogen functional groups attached to an aromatic ring is 1. The highest BCUT2D eigenvalue weighted by Crippen LogP contribution is 2.29. The van der Waals surface area contributed by atoms with Gasteiger partial charge in [-0.15, -0.1) is 0 Å². The second-order valence-corrected chi connectivity index (χ2v) is 4.03. The molecule has 0 unspecified atom stereocenters. The van der Waals surface area contributed by atoms with Crippen LogP contribution in [0.1, 0.15) is 6.92 Å². The third kappa shape index (κ3) is 2.51. The van der Waals surface area contributed by atoms with Crippen molar-refractivity contribution in [3.8, 4) is 0 Å². The highest BCUT2D eigenvalue weighted by Gasteiger charge is 2.17. The van der Waals surface area contributed by atoms with Crippen LogP contribution in [0, 0.1) is 15.9 Å². The number of nitrogens with zero attached hydrogens (tertiary/aromatic N) is 3. The summed E-state index contributed by atoms with van der Waals surface area (Å²) in [7, 11) is 0. The number of anilines is 3. The zero-order valence-corrected chi connectivity index (χ0v) is 10.8. The lowest BCUT2D eigenvalue weighted by atomic mass is 10.2. The van der Waals surface area contributed by atoms with Crippen LogP contribution in [0.3, 0.4) is 0 Å². The highest BCUT2D eigenvalue weighted by atomic mass is 19.1. The Labute approximate surface area is 114 Å². The lowest BCUT2D eigenvalue weighted by Gasteiger charge is -2.22. The third-order valence-electron chi connectivity index (χ3n) is 2.82. The number of hydrogen-bond acceptors (Lipinski definition) is 5. The van der Waals surface area contributed by atoms with Gasteiger partial charge < -0.3 is 10.6 Å². The molecule has 0 bridgehead atoms. The standard InChI is InChI=1S/C13H13FN4O2/c1-2-17(10-6-4-3-5-9(10)14)12-8-7-11(18(19)20)13(15)16-12/h3-8H,2H2,1H3,(H2,15,16). The molecule has 1 heterocycles. The first-order chi connectivity index (χ1) is 9.54. The van der Waals surface area contributed by atoms with Crippen LogP contribution in [-0.4, -0.2) is 16.5 Å². The van der Waals surface area contributed by atoms with Gasteiger partial charge in [-0.25, -0.2) is 9.37 Å². The van der Waals surface area contributed by atoms with E-state index in [4.69, 9.17) is 5.73 Å². The summed E-state index contributed by atoms with van der Waals surface area (Å²) in [5.41, 5.74) is 5.64. The number of pyridine rings is 1. The Hall–Kier alpha value is -2.70. The predicted octanol–water partition coefficient (Wildman–Crippen LogP) is 2.87. The molecule has 0 saturated heterocycles. The molecule has 0 saturated carbocycles. The Bertz CT molecular complexity index is 648. The Morgan fingerprint density at radius 3 is 2.60 bits per heavy atom. The van der Waals surface area contributed by atoms with E-state index in [1.165, 1.54) is 18.2 Å². The summed E-state index contributed by atoms with van der Waals surface area (Å²) >= 11 is 0. The van der Waals surface area contributed by atoms with Crippen LogP contribution < -0.4 is 10.6 Å². The number of nitro groups is 1. The minimum absolute atomic E-state index is 0.192. The summed E-state index contributed by atoms with van der Waals surface area (Å²) < 4.78 is 13.8. The van der Waals surface area contributed by atoms with Gasteiger partial charge in [-0.2, -0.15) is 0 Å². The minimum atomic E-state index is -0.606. The summed E-state index contributed by atoms with van der Waals surface area (Å²) in [5, 5.41) is 10.7. The number of benzene rings is 1. The van der Waals surface area contributed by atoms with Crippen molar-refractivity contribution in [1.29, 1.82) is 0 Å². The summed E-state index contributed by atoms with van der Waals surface area (Å²) in [6.45, 7) is 2.27. The van der Waals surface area contributed by atoms with Crippen molar-refractivity contribution < 1.29 is 9.31 Å². The van der Waals surface area contributed by atoms with Gasteiger partial charge in [0.25, 0.3) is 0 Å². The molecule has 7 heteroatoms. The molecule has 0 radical (unpaired) electrons. The fourth-order valence-electron chi connectivity index (χ4n) is 1.89. The zero-order valence-electron chi connectivity index (χ0n) is 10.8. The Kier molecular flexibility index (Phi) is 3.79. The van der Waals surface area contributed by atoms with Gasteiger partial charge in [0.2, 0.25) is 5.82 Å². The Morgan fingerprint density at radius 1 is 1.35 bits per heavy atom. The second kappa shape index (κ2) is 5.52. The Morgan fingerprint density at radius 2 is 2.05 bits per heavy atom. The molecule has 0 aliphatic heterocycles. The van der Waals surface area contributed by atoms with E-state index in [1.807, 2.05) is 6.92 Å². The van der Waals surface area contributed by atoms with Crippen LogP contribution in [0.2, 0.25) is 0 Å². The van der Waals surface area contributed by atoms with Gasteiger partial charge in [-0.3, -0.25) is 10.1 Å². The molecule has 1 aromatic carbocycles. The Balaban J connectivity index is 2.46. The second-order valence-electron chi connectivity index (χ2n) is 4.03. The monoisotopic (exact) mass is 276 g/mol. The van der Waals surface area contributed by atoms with E-state index in [9.17, 15) is 14.5 Å². The van der Waals surface area contributed by atoms with E-state index in [-0.39, 0.29) is 11.5 Å². The maximum Gasteiger partial charge on any atom is 0.311 e. The van der Waals surface area contributed by atoms with E-state index in [0.29, 0.717) is 18.1 Å². The summed E-state index contributed by atoms with van der Waals surface area (Å²) in [6, 6.07) is 8.95. The molecule has 0 aliphatic rings. The number of halogens is 1. The summed E-state index contributed by atoms with van der Waals surface area (Å²) in [6.07, 6.45) is 0. The van der Waals surface area contributed by atoms with Crippen molar-refractivity contribution in [1.82, 2.24) is 4.98 Å². The number of nitrogens with two attached hydrogens (primary N) is 1. The average Bonchev–Trinajstić information content (AvgIpc) is 2.41. The number of rotatable bonds is 4. The van der Waals surface area contributed by atoms with Crippen LogP contribution in [0.25, 0.3) is 0 Å². The van der Waals surface area contributed by atoms with Crippen molar-refractivity contribution in [3.63, 3.8) is 0 Å². The van der Waals surface area contributed by atoms with Gasteiger partial charge in [0.05, 0.1) is 10.6 Å². The van der Waals surface area contributed by atoms with Crippen molar-refractivity contribution in [2.75, 3.05) is 17.2 Å². The number of hydrogen-bond donors (Lipinski definition) is 1. The maximum absolute atomic E-state index is 13.8. The molecular weight excluding hydrogens is 263 g/mol. The van der Waals surface area contributed by atoms with Gasteiger partial charge in [-0.1, -0.05) is 12.1 Å². The van der Waals surface area contributed by atoms with Crippen molar-refractivity contribution in [2.24, 2.45) is 0 Å². The molecule has 2 rings (SSSR count). The molecule has 1 aromatic heterocycles. The normalized spacial score (nSPS) is 10.3. The summed E-state index contributed by atoms with van der Waals surface area (Å²) in [4.78, 5) is 15.7. The van der Waals surface area contributed by atoms with Crippen LogP contribution in [0.15, 0.2) is 36.4 Å². The topological polar surface area (TPSA) is 85.3 Å². The minimum Gasteiger partial charge on any atom is -0.378 e. The fourth-order valence-corrected chi connectivity index (χ4v) is 1.89. The molecule has 0 atom stereocenters. The lowest BCUT2D eigenvalue weighted by molar-refractivity contribution is -0.384. The van der Waals surface area contributed by atoms with Crippen LogP contribution in [0.5, 0.6) is 0 Å². The maximum atomic E-state index is 13.8. The third-order valence-corrected chi connectivity index (χ3v) is 2.82. The molecule has 0 amide bonds. The molecule has 2 N–H and O–H groups in total. The predicted molar refractivity (Wildman–Crippen MR) is 74.4 cm³/mol. The first kappa shape index (κ1) is 13.7. The number of aromatic nitrogens is 1. The van der Waals surface area contributed by atoms with Crippen LogP contribution >= 0.6 is 0 Å². The molecule has 0 spiro atoms. The van der Waals surface area contributed by atoms with Gasteiger partial charge in [0.15, 0.2) is 0 Å². The van der Waals surface area contributed by atoms with E-state index in [2.05, 4.69) is 4.98 Å². The zero-order chi connectivity index (χ0) is 14.7. The van der Waals surface area contributed by atoms with Gasteiger partial charge >= 0.3 is 5.69 Å². The molecular formula is C13H13FN4O2. The number of para-hydroxylation sites is 1. The SMILES string of the molecule is CCN(c1ccc([N+](=O)[O-])c(N)n1)c1ccccc1F. The van der Waals surface area contributed by atoms with Gasteiger partial charge in [0.1, 0.15) is 11.6 Å². The van der Waals surface area contributed by atoms with E-state index in [0.717, 1.165) is 0 Å².